The average Bonchev–Trinajstić information content (AvgIpc) is 2.18. The van der Waals surface area contributed by atoms with Gasteiger partial charge in [0.05, 0.1) is 0 Å². The zero-order chi connectivity index (χ0) is 10.4. The number of carbonyl (C=O) groups is 1. The van der Waals surface area contributed by atoms with Gasteiger partial charge in [-0.2, -0.15) is 0 Å². The molecule has 0 saturated heterocycles. The molecule has 0 heterocycles. The highest BCUT2D eigenvalue weighted by molar-refractivity contribution is 9.10. The van der Waals surface area contributed by atoms with Crippen LogP contribution in [0.15, 0.2) is 28.7 Å². The van der Waals surface area contributed by atoms with Crippen LogP contribution in [-0.2, 0) is 0 Å². The summed E-state index contributed by atoms with van der Waals surface area (Å²) in [6.45, 7) is 2.62. The molecule has 0 aliphatic carbocycles. The summed E-state index contributed by atoms with van der Waals surface area (Å²) in [5, 5.41) is 2.62. The molecule has 1 aromatic rings. The quantitative estimate of drug-likeness (QED) is 0.905. The van der Waals surface area contributed by atoms with Crippen molar-refractivity contribution in [2.75, 3.05) is 6.54 Å². The van der Waals surface area contributed by atoms with Crippen molar-refractivity contribution in [2.24, 2.45) is 0 Å². The van der Waals surface area contributed by atoms with Gasteiger partial charge in [0.15, 0.2) is 0 Å². The first-order valence-corrected chi connectivity index (χ1v) is 5.23. The number of halogens is 1. The van der Waals surface area contributed by atoms with Crippen molar-refractivity contribution in [3.8, 4) is 5.75 Å². The molecule has 0 aromatic heterocycles. The minimum absolute atomic E-state index is 0.408. The van der Waals surface area contributed by atoms with Crippen molar-refractivity contribution in [3.63, 3.8) is 0 Å². The van der Waals surface area contributed by atoms with Crippen molar-refractivity contribution < 1.29 is 9.53 Å². The second-order valence-electron chi connectivity index (χ2n) is 2.77. The molecule has 1 rings (SSSR count). The topological polar surface area (TPSA) is 38.3 Å². The molecule has 0 spiro atoms. The Morgan fingerprint density at radius 3 is 2.64 bits per heavy atom. The van der Waals surface area contributed by atoms with Gasteiger partial charge in [0.25, 0.3) is 0 Å². The van der Waals surface area contributed by atoms with Gasteiger partial charge in [-0.1, -0.05) is 22.9 Å². The summed E-state index contributed by atoms with van der Waals surface area (Å²) in [6, 6.07) is 7.11. The Morgan fingerprint density at radius 2 is 2.07 bits per heavy atom. The average molecular weight is 258 g/mol. The van der Waals surface area contributed by atoms with E-state index in [4.69, 9.17) is 4.74 Å². The van der Waals surface area contributed by atoms with Gasteiger partial charge in [-0.25, -0.2) is 4.79 Å². The van der Waals surface area contributed by atoms with Crippen LogP contribution in [0.4, 0.5) is 4.79 Å². The third-order valence-electron chi connectivity index (χ3n) is 1.54. The van der Waals surface area contributed by atoms with Crippen LogP contribution in [0.1, 0.15) is 13.3 Å². The zero-order valence-corrected chi connectivity index (χ0v) is 9.50. The van der Waals surface area contributed by atoms with Gasteiger partial charge in [0.2, 0.25) is 0 Å². The van der Waals surface area contributed by atoms with Gasteiger partial charge >= 0.3 is 6.09 Å². The molecule has 76 valence electrons. The lowest BCUT2D eigenvalue weighted by molar-refractivity contribution is 0.200. The largest absolute Gasteiger partial charge is 0.412 e. The highest BCUT2D eigenvalue weighted by Gasteiger charge is 2.01. The predicted molar refractivity (Wildman–Crippen MR) is 58.5 cm³/mol. The number of nitrogens with one attached hydrogen (secondary N) is 1. The van der Waals surface area contributed by atoms with E-state index in [-0.39, 0.29) is 0 Å². The van der Waals surface area contributed by atoms with Gasteiger partial charge in [0, 0.05) is 11.0 Å². The Labute approximate surface area is 91.6 Å². The van der Waals surface area contributed by atoms with Crippen molar-refractivity contribution in [2.45, 2.75) is 13.3 Å². The number of rotatable bonds is 3. The van der Waals surface area contributed by atoms with Gasteiger partial charge in [0.1, 0.15) is 5.75 Å². The summed E-state index contributed by atoms with van der Waals surface area (Å²) in [5.74, 6) is 0.543. The molecule has 1 aromatic carbocycles. The molecule has 4 heteroatoms. The predicted octanol–water partition coefficient (Wildman–Crippen LogP) is 2.95. The van der Waals surface area contributed by atoms with Crippen LogP contribution in [0.2, 0.25) is 0 Å². The molecule has 0 aliphatic heterocycles. The minimum atomic E-state index is -0.408. The van der Waals surface area contributed by atoms with Gasteiger partial charge in [-0.15, -0.1) is 0 Å². The summed E-state index contributed by atoms with van der Waals surface area (Å²) in [4.78, 5) is 11.1. The summed E-state index contributed by atoms with van der Waals surface area (Å²) >= 11 is 3.30. The first kappa shape index (κ1) is 11.0. The molecule has 0 radical (unpaired) electrons. The van der Waals surface area contributed by atoms with Crippen LogP contribution in [0.3, 0.4) is 0 Å². The fourth-order valence-electron chi connectivity index (χ4n) is 0.873. The smallest absolute Gasteiger partial charge is 0.410 e. The van der Waals surface area contributed by atoms with Crippen molar-refractivity contribution >= 4 is 22.0 Å². The Balaban J connectivity index is 2.44. The molecule has 1 amide bonds. The summed E-state index contributed by atoms with van der Waals surface area (Å²) in [6.07, 6.45) is 0.490. The van der Waals surface area contributed by atoms with Crippen LogP contribution in [0.5, 0.6) is 5.75 Å². The number of amides is 1. The van der Waals surface area contributed by atoms with Gasteiger partial charge < -0.3 is 10.1 Å². The molecule has 3 nitrogen and oxygen atoms in total. The van der Waals surface area contributed by atoms with E-state index < -0.39 is 6.09 Å². The van der Waals surface area contributed by atoms with Crippen molar-refractivity contribution in [3.05, 3.63) is 28.7 Å². The minimum Gasteiger partial charge on any atom is -0.410 e. The van der Waals surface area contributed by atoms with E-state index in [0.717, 1.165) is 10.9 Å². The SMILES string of the molecule is CCCNC(=O)Oc1ccc(Br)cc1. The maximum Gasteiger partial charge on any atom is 0.412 e. The molecule has 0 atom stereocenters. The highest BCUT2D eigenvalue weighted by Crippen LogP contribution is 2.15. The third kappa shape index (κ3) is 3.79. The van der Waals surface area contributed by atoms with Gasteiger partial charge in [-0.3, -0.25) is 0 Å². The monoisotopic (exact) mass is 257 g/mol. The van der Waals surface area contributed by atoms with Crippen LogP contribution < -0.4 is 10.1 Å². The number of carbonyl (C=O) groups excluding carboxylic acids is 1. The maximum atomic E-state index is 11.1. The molecule has 0 bridgehead atoms. The molecular weight excluding hydrogens is 246 g/mol. The number of hydrogen-bond donors (Lipinski definition) is 1. The Kier molecular flexibility index (Phi) is 4.46. The molecule has 0 unspecified atom stereocenters. The van der Waals surface area contributed by atoms with Gasteiger partial charge in [-0.05, 0) is 30.7 Å². The molecule has 0 aliphatic rings. The molecular formula is C10H12BrNO2. The Bertz CT molecular complexity index is 297. The van der Waals surface area contributed by atoms with E-state index in [1.807, 2.05) is 19.1 Å². The van der Waals surface area contributed by atoms with E-state index in [2.05, 4.69) is 21.2 Å². The van der Waals surface area contributed by atoms with Crippen LogP contribution in [-0.4, -0.2) is 12.6 Å². The molecule has 14 heavy (non-hydrogen) atoms. The number of benzene rings is 1. The van der Waals surface area contributed by atoms with Crippen LogP contribution in [0, 0.1) is 0 Å². The Hall–Kier alpha value is -1.03. The second-order valence-corrected chi connectivity index (χ2v) is 3.69. The standard InChI is InChI=1S/C10H12BrNO2/c1-2-7-12-10(13)14-9-5-3-8(11)4-6-9/h3-6H,2,7H2,1H3,(H,12,13). The summed E-state index contributed by atoms with van der Waals surface area (Å²) in [5.41, 5.74) is 0. The fourth-order valence-corrected chi connectivity index (χ4v) is 1.14. The summed E-state index contributed by atoms with van der Waals surface area (Å²) < 4.78 is 5.96. The fraction of sp³-hybridized carbons (Fsp3) is 0.300. The van der Waals surface area contributed by atoms with Crippen LogP contribution in [0.25, 0.3) is 0 Å². The Morgan fingerprint density at radius 1 is 1.43 bits per heavy atom. The first-order chi connectivity index (χ1) is 6.72. The zero-order valence-electron chi connectivity index (χ0n) is 7.92. The normalized spacial score (nSPS) is 9.57. The summed E-state index contributed by atoms with van der Waals surface area (Å²) in [7, 11) is 0. The first-order valence-electron chi connectivity index (χ1n) is 4.43. The maximum absolute atomic E-state index is 11.1. The van der Waals surface area contributed by atoms with E-state index in [1.165, 1.54) is 0 Å². The molecule has 0 fully saturated rings. The lowest BCUT2D eigenvalue weighted by atomic mass is 10.3. The van der Waals surface area contributed by atoms with E-state index >= 15 is 0 Å². The lowest BCUT2D eigenvalue weighted by Crippen LogP contribution is -2.27. The highest BCUT2D eigenvalue weighted by atomic mass is 79.9. The van der Waals surface area contributed by atoms with Crippen LogP contribution >= 0.6 is 15.9 Å². The van der Waals surface area contributed by atoms with E-state index in [1.54, 1.807) is 12.1 Å². The van der Waals surface area contributed by atoms with E-state index in [0.29, 0.717) is 12.3 Å². The van der Waals surface area contributed by atoms with Crippen molar-refractivity contribution in [1.29, 1.82) is 0 Å². The van der Waals surface area contributed by atoms with E-state index in [9.17, 15) is 4.79 Å². The third-order valence-corrected chi connectivity index (χ3v) is 2.07. The number of ether oxygens (including phenoxy) is 1. The number of hydrogen-bond acceptors (Lipinski definition) is 2. The second kappa shape index (κ2) is 5.65. The van der Waals surface area contributed by atoms with Crippen molar-refractivity contribution in [1.82, 2.24) is 5.32 Å². The molecule has 1 N–H and O–H groups in total. The molecule has 0 saturated carbocycles. The lowest BCUT2D eigenvalue weighted by Gasteiger charge is -2.04.